The van der Waals surface area contributed by atoms with Crippen molar-refractivity contribution in [2.75, 3.05) is 0 Å². The summed E-state index contributed by atoms with van der Waals surface area (Å²) in [7, 11) is 0. The fourth-order valence-electron chi connectivity index (χ4n) is 1.96. The number of aromatic nitrogens is 1. The third kappa shape index (κ3) is 2.19. The van der Waals surface area contributed by atoms with Crippen molar-refractivity contribution in [3.63, 3.8) is 0 Å². The Labute approximate surface area is 114 Å². The van der Waals surface area contributed by atoms with Gasteiger partial charge in [0.25, 0.3) is 5.56 Å². The van der Waals surface area contributed by atoms with Crippen molar-refractivity contribution in [3.8, 4) is 0 Å². The molecule has 0 aliphatic rings. The number of rotatable bonds is 2. The molecule has 0 saturated heterocycles. The molecule has 1 heterocycles. The molecule has 4 nitrogen and oxygen atoms in total. The van der Waals surface area contributed by atoms with Gasteiger partial charge in [-0.25, -0.2) is 4.79 Å². The highest BCUT2D eigenvalue weighted by atomic mass is 16.7. The van der Waals surface area contributed by atoms with E-state index in [1.807, 2.05) is 12.1 Å². The highest BCUT2D eigenvalue weighted by Gasteiger charge is 2.11. The molecule has 0 radical (unpaired) electrons. The van der Waals surface area contributed by atoms with Crippen LogP contribution in [0.2, 0.25) is 0 Å². The minimum absolute atomic E-state index is 0.381. The molecule has 0 saturated carbocycles. The topological polar surface area (TPSA) is 48.3 Å². The first kappa shape index (κ1) is 12.2. The van der Waals surface area contributed by atoms with Gasteiger partial charge in [-0.3, -0.25) is 4.79 Å². The summed E-state index contributed by atoms with van der Waals surface area (Å²) < 4.78 is 1.02. The molecule has 0 unspecified atom stereocenters. The van der Waals surface area contributed by atoms with Crippen LogP contribution in [-0.4, -0.2) is 10.7 Å². The molecule has 0 aliphatic heterocycles. The van der Waals surface area contributed by atoms with E-state index in [0.29, 0.717) is 11.1 Å². The van der Waals surface area contributed by atoms with Crippen molar-refractivity contribution in [1.29, 1.82) is 0 Å². The lowest BCUT2D eigenvalue weighted by Crippen LogP contribution is -2.30. The van der Waals surface area contributed by atoms with E-state index in [2.05, 4.69) is 0 Å². The summed E-state index contributed by atoms with van der Waals surface area (Å²) in [6.07, 6.45) is 0. The Balaban J connectivity index is 2.05. The van der Waals surface area contributed by atoms with Gasteiger partial charge in [0.05, 0.1) is 11.1 Å². The van der Waals surface area contributed by atoms with Gasteiger partial charge in [-0.2, -0.15) is 0 Å². The van der Waals surface area contributed by atoms with Crippen molar-refractivity contribution in [2.24, 2.45) is 0 Å². The normalized spacial score (nSPS) is 10.4. The molecule has 0 atom stereocenters. The van der Waals surface area contributed by atoms with E-state index in [-0.39, 0.29) is 5.56 Å². The molecule has 4 heteroatoms. The maximum atomic E-state index is 12.0. The van der Waals surface area contributed by atoms with Gasteiger partial charge in [0.1, 0.15) is 0 Å². The standard InChI is InChI=1S/C16H11NO3/c18-15-11-10-12-6-4-5-9-14(12)17(15)20-16(19)13-7-2-1-3-8-13/h1-11H. The summed E-state index contributed by atoms with van der Waals surface area (Å²) >= 11 is 0. The van der Waals surface area contributed by atoms with E-state index in [1.54, 1.807) is 48.5 Å². The Hall–Kier alpha value is -2.88. The largest absolute Gasteiger partial charge is 0.363 e. The van der Waals surface area contributed by atoms with Gasteiger partial charge in [0.15, 0.2) is 0 Å². The van der Waals surface area contributed by atoms with Gasteiger partial charge in [0, 0.05) is 11.5 Å². The molecule has 0 N–H and O–H groups in total. The molecule has 1 aromatic heterocycles. The van der Waals surface area contributed by atoms with Gasteiger partial charge in [-0.15, -0.1) is 4.73 Å². The summed E-state index contributed by atoms with van der Waals surface area (Å²) in [5.74, 6) is -0.566. The van der Waals surface area contributed by atoms with E-state index in [4.69, 9.17) is 4.84 Å². The van der Waals surface area contributed by atoms with E-state index >= 15 is 0 Å². The lowest BCUT2D eigenvalue weighted by molar-refractivity contribution is 0.0466. The zero-order valence-corrected chi connectivity index (χ0v) is 10.5. The van der Waals surface area contributed by atoms with Crippen molar-refractivity contribution < 1.29 is 9.63 Å². The molecule has 0 fully saturated rings. The number of nitrogens with zero attached hydrogens (tertiary/aromatic N) is 1. The van der Waals surface area contributed by atoms with Crippen LogP contribution < -0.4 is 10.4 Å². The van der Waals surface area contributed by atoms with E-state index in [0.717, 1.165) is 10.1 Å². The maximum absolute atomic E-state index is 12.0. The fourth-order valence-corrected chi connectivity index (χ4v) is 1.96. The van der Waals surface area contributed by atoms with E-state index < -0.39 is 5.97 Å². The summed E-state index contributed by atoms with van der Waals surface area (Å²) in [5.41, 5.74) is 0.574. The van der Waals surface area contributed by atoms with Gasteiger partial charge < -0.3 is 4.84 Å². The van der Waals surface area contributed by atoms with Crippen LogP contribution in [0.15, 0.2) is 71.5 Å². The Morgan fingerprint density at radius 3 is 2.35 bits per heavy atom. The SMILES string of the molecule is O=C(On1c(=O)ccc2ccccc21)c1ccccc1. The Bertz CT molecular complexity index is 822. The molecule has 0 aliphatic carbocycles. The summed E-state index contributed by atoms with van der Waals surface area (Å²) in [6.45, 7) is 0. The zero-order valence-electron chi connectivity index (χ0n) is 10.5. The van der Waals surface area contributed by atoms with Crippen LogP contribution in [0.3, 0.4) is 0 Å². The lowest BCUT2D eigenvalue weighted by atomic mass is 10.2. The smallest absolute Gasteiger partial charge is 0.327 e. The Kier molecular flexibility index (Phi) is 3.05. The van der Waals surface area contributed by atoms with Crippen molar-refractivity contribution in [1.82, 2.24) is 4.73 Å². The number of carbonyl (C=O) groups excluding carboxylic acids is 1. The monoisotopic (exact) mass is 265 g/mol. The van der Waals surface area contributed by atoms with Gasteiger partial charge in [0.2, 0.25) is 0 Å². The maximum Gasteiger partial charge on any atom is 0.363 e. The number of hydrogen-bond acceptors (Lipinski definition) is 3. The molecular formula is C16H11NO3. The van der Waals surface area contributed by atoms with E-state index in [9.17, 15) is 9.59 Å². The second-order valence-corrected chi connectivity index (χ2v) is 4.27. The lowest BCUT2D eigenvalue weighted by Gasteiger charge is -2.09. The first-order chi connectivity index (χ1) is 9.75. The molecule has 3 aromatic rings. The Morgan fingerprint density at radius 2 is 1.55 bits per heavy atom. The molecule has 3 rings (SSSR count). The van der Waals surface area contributed by atoms with Crippen molar-refractivity contribution >= 4 is 16.9 Å². The van der Waals surface area contributed by atoms with Gasteiger partial charge >= 0.3 is 5.97 Å². The number of hydrogen-bond donors (Lipinski definition) is 0. The van der Waals surface area contributed by atoms with Crippen LogP contribution in [-0.2, 0) is 0 Å². The highest BCUT2D eigenvalue weighted by molar-refractivity contribution is 5.90. The molecule has 2 aromatic carbocycles. The summed E-state index contributed by atoms with van der Waals surface area (Å²) in [5, 5.41) is 0.827. The molecule has 0 spiro atoms. The number of fused-ring (bicyclic) bond motifs is 1. The van der Waals surface area contributed by atoms with Crippen LogP contribution in [0, 0.1) is 0 Å². The fraction of sp³-hybridized carbons (Fsp3) is 0. The van der Waals surface area contributed by atoms with E-state index in [1.165, 1.54) is 6.07 Å². The third-order valence-electron chi connectivity index (χ3n) is 2.94. The number of carbonyl (C=O) groups is 1. The molecule has 0 bridgehead atoms. The molecule has 98 valence electrons. The second-order valence-electron chi connectivity index (χ2n) is 4.27. The van der Waals surface area contributed by atoms with Crippen LogP contribution in [0.1, 0.15) is 10.4 Å². The number of pyridine rings is 1. The average molecular weight is 265 g/mol. The van der Waals surface area contributed by atoms with Crippen LogP contribution in [0.4, 0.5) is 0 Å². The summed E-state index contributed by atoms with van der Waals surface area (Å²) in [4.78, 5) is 29.1. The average Bonchev–Trinajstić information content (AvgIpc) is 2.51. The summed E-state index contributed by atoms with van der Waals surface area (Å²) in [6, 6.07) is 18.9. The van der Waals surface area contributed by atoms with Crippen LogP contribution in [0.5, 0.6) is 0 Å². The van der Waals surface area contributed by atoms with Crippen molar-refractivity contribution in [2.45, 2.75) is 0 Å². The first-order valence-corrected chi connectivity index (χ1v) is 6.14. The van der Waals surface area contributed by atoms with Gasteiger partial charge in [-0.05, 0) is 24.3 Å². The van der Waals surface area contributed by atoms with Crippen LogP contribution >= 0.6 is 0 Å². The number of benzene rings is 2. The predicted octanol–water partition coefficient (Wildman–Crippen LogP) is 2.27. The predicted molar refractivity (Wildman–Crippen MR) is 75.6 cm³/mol. The number of para-hydroxylation sites is 1. The van der Waals surface area contributed by atoms with Gasteiger partial charge in [-0.1, -0.05) is 36.4 Å². The quantitative estimate of drug-likeness (QED) is 0.714. The van der Waals surface area contributed by atoms with Crippen LogP contribution in [0.25, 0.3) is 10.9 Å². The highest BCUT2D eigenvalue weighted by Crippen LogP contribution is 2.10. The first-order valence-electron chi connectivity index (χ1n) is 6.14. The Morgan fingerprint density at radius 1 is 0.850 bits per heavy atom. The molecular weight excluding hydrogens is 254 g/mol. The molecule has 20 heavy (non-hydrogen) atoms. The van der Waals surface area contributed by atoms with Crippen molar-refractivity contribution in [3.05, 3.63) is 82.6 Å². The minimum atomic E-state index is -0.566. The molecule has 0 amide bonds. The zero-order chi connectivity index (χ0) is 13.9. The third-order valence-corrected chi connectivity index (χ3v) is 2.94. The second kappa shape index (κ2) is 5.01. The minimum Gasteiger partial charge on any atom is -0.327 e.